The summed E-state index contributed by atoms with van der Waals surface area (Å²) in [6.45, 7) is 2.25. The van der Waals surface area contributed by atoms with Gasteiger partial charge in [0.05, 0.1) is 10.0 Å². The molecule has 0 N–H and O–H groups in total. The fraction of sp³-hybridized carbons (Fsp3) is 0.429. The predicted octanol–water partition coefficient (Wildman–Crippen LogP) is 3.58. The maximum Gasteiger partial charge on any atom is 0.254 e. The minimum absolute atomic E-state index is 0.0134. The number of rotatable bonds is 3. The summed E-state index contributed by atoms with van der Waals surface area (Å²) in [4.78, 5) is 25.4. The van der Waals surface area contributed by atoms with Crippen LogP contribution >= 0.6 is 23.2 Å². The predicted molar refractivity (Wildman–Crippen MR) is 75.8 cm³/mol. The molecule has 0 radical (unpaired) electrons. The molecule has 1 amide bonds. The number of hydrogen-bond donors (Lipinski definition) is 0. The van der Waals surface area contributed by atoms with Crippen molar-refractivity contribution in [2.24, 2.45) is 0 Å². The Morgan fingerprint density at radius 3 is 2.68 bits per heavy atom. The molecular weight excluding hydrogens is 285 g/mol. The molecule has 0 saturated carbocycles. The first kappa shape index (κ1) is 14.4. The van der Waals surface area contributed by atoms with Crippen LogP contribution in [0.25, 0.3) is 0 Å². The minimum atomic E-state index is -0.0812. The van der Waals surface area contributed by atoms with E-state index in [0.29, 0.717) is 28.6 Å². The van der Waals surface area contributed by atoms with Crippen molar-refractivity contribution in [3.63, 3.8) is 0 Å². The zero-order chi connectivity index (χ0) is 14.0. The van der Waals surface area contributed by atoms with Crippen molar-refractivity contribution in [1.82, 2.24) is 4.90 Å². The number of benzene rings is 1. The van der Waals surface area contributed by atoms with Gasteiger partial charge in [0.2, 0.25) is 0 Å². The van der Waals surface area contributed by atoms with Crippen molar-refractivity contribution < 1.29 is 9.59 Å². The van der Waals surface area contributed by atoms with Gasteiger partial charge in [0, 0.05) is 24.6 Å². The molecule has 1 aromatic carbocycles. The number of likely N-dealkylation sites (tertiary alicyclic amines) is 1. The average Bonchev–Trinajstić information content (AvgIpc) is 2.79. The highest BCUT2D eigenvalue weighted by molar-refractivity contribution is 6.42. The molecule has 102 valence electrons. The number of nitrogens with zero attached hydrogens (tertiary/aromatic N) is 1. The van der Waals surface area contributed by atoms with Crippen molar-refractivity contribution in [3.8, 4) is 0 Å². The van der Waals surface area contributed by atoms with Crippen LogP contribution in [0.3, 0.4) is 0 Å². The highest BCUT2D eigenvalue weighted by atomic mass is 35.5. The largest absolute Gasteiger partial charge is 0.335 e. The van der Waals surface area contributed by atoms with Gasteiger partial charge in [-0.2, -0.15) is 0 Å². The van der Waals surface area contributed by atoms with Gasteiger partial charge in [0.25, 0.3) is 5.91 Å². The van der Waals surface area contributed by atoms with Crippen LogP contribution in [0.5, 0.6) is 0 Å². The SMILES string of the molecule is CC(=O)CC1CCCN1C(=O)c1ccc(Cl)c(Cl)c1. The van der Waals surface area contributed by atoms with Crippen molar-refractivity contribution in [3.05, 3.63) is 33.8 Å². The van der Waals surface area contributed by atoms with Crippen molar-refractivity contribution in [1.29, 1.82) is 0 Å². The molecule has 1 atom stereocenters. The monoisotopic (exact) mass is 299 g/mol. The van der Waals surface area contributed by atoms with E-state index in [1.165, 1.54) is 0 Å². The maximum atomic E-state index is 12.4. The first-order valence-electron chi connectivity index (χ1n) is 6.24. The number of ketones is 1. The maximum absolute atomic E-state index is 12.4. The van der Waals surface area contributed by atoms with Crippen LogP contribution in [0.2, 0.25) is 10.0 Å². The van der Waals surface area contributed by atoms with Crippen LogP contribution < -0.4 is 0 Å². The zero-order valence-electron chi connectivity index (χ0n) is 10.7. The fourth-order valence-electron chi connectivity index (χ4n) is 2.44. The molecule has 5 heteroatoms. The third kappa shape index (κ3) is 3.28. The normalized spacial score (nSPS) is 18.7. The Morgan fingerprint density at radius 1 is 1.32 bits per heavy atom. The molecule has 1 saturated heterocycles. The van der Waals surface area contributed by atoms with Crippen LogP contribution in [-0.4, -0.2) is 29.2 Å². The highest BCUT2D eigenvalue weighted by Gasteiger charge is 2.30. The Labute approximate surface area is 122 Å². The van der Waals surface area contributed by atoms with E-state index in [-0.39, 0.29) is 17.7 Å². The number of halogens is 2. The Bertz CT molecular complexity index is 516. The summed E-state index contributed by atoms with van der Waals surface area (Å²) in [7, 11) is 0. The molecule has 0 aromatic heterocycles. The van der Waals surface area contributed by atoms with Gasteiger partial charge in [-0.25, -0.2) is 0 Å². The van der Waals surface area contributed by atoms with Crippen LogP contribution in [0, 0.1) is 0 Å². The van der Waals surface area contributed by atoms with Crippen LogP contribution in [0.1, 0.15) is 36.5 Å². The molecule has 1 aliphatic rings. The smallest absolute Gasteiger partial charge is 0.254 e. The lowest BCUT2D eigenvalue weighted by Crippen LogP contribution is -2.36. The van der Waals surface area contributed by atoms with Gasteiger partial charge in [0.15, 0.2) is 0 Å². The van der Waals surface area contributed by atoms with E-state index in [9.17, 15) is 9.59 Å². The first-order valence-corrected chi connectivity index (χ1v) is 7.00. The van der Waals surface area contributed by atoms with E-state index < -0.39 is 0 Å². The number of carbonyl (C=O) groups excluding carboxylic acids is 2. The Morgan fingerprint density at radius 2 is 2.05 bits per heavy atom. The van der Waals surface area contributed by atoms with E-state index in [4.69, 9.17) is 23.2 Å². The van der Waals surface area contributed by atoms with E-state index >= 15 is 0 Å². The second-order valence-electron chi connectivity index (χ2n) is 4.83. The van der Waals surface area contributed by atoms with E-state index in [1.807, 2.05) is 0 Å². The molecule has 1 aromatic rings. The van der Waals surface area contributed by atoms with Crippen LogP contribution in [0.15, 0.2) is 18.2 Å². The van der Waals surface area contributed by atoms with E-state index in [2.05, 4.69) is 0 Å². The van der Waals surface area contributed by atoms with Crippen LogP contribution in [0.4, 0.5) is 0 Å². The van der Waals surface area contributed by atoms with Gasteiger partial charge in [-0.15, -0.1) is 0 Å². The van der Waals surface area contributed by atoms with E-state index in [0.717, 1.165) is 12.8 Å². The van der Waals surface area contributed by atoms with Crippen molar-refractivity contribution in [2.45, 2.75) is 32.2 Å². The highest BCUT2D eigenvalue weighted by Crippen LogP contribution is 2.26. The lowest BCUT2D eigenvalue weighted by atomic mass is 10.1. The topological polar surface area (TPSA) is 37.4 Å². The number of hydrogen-bond acceptors (Lipinski definition) is 2. The van der Waals surface area contributed by atoms with Gasteiger partial charge >= 0.3 is 0 Å². The summed E-state index contributed by atoms with van der Waals surface area (Å²) >= 11 is 11.8. The number of amides is 1. The average molecular weight is 300 g/mol. The molecule has 1 aliphatic heterocycles. The van der Waals surface area contributed by atoms with E-state index in [1.54, 1.807) is 30.0 Å². The summed E-state index contributed by atoms with van der Waals surface area (Å²) in [5.74, 6) is 0.0288. The lowest BCUT2D eigenvalue weighted by molar-refractivity contribution is -0.117. The summed E-state index contributed by atoms with van der Waals surface area (Å²) in [6, 6.07) is 4.88. The number of carbonyl (C=O) groups is 2. The molecule has 3 nitrogen and oxygen atoms in total. The minimum Gasteiger partial charge on any atom is -0.335 e. The summed E-state index contributed by atoms with van der Waals surface area (Å²) < 4.78 is 0. The molecule has 19 heavy (non-hydrogen) atoms. The lowest BCUT2D eigenvalue weighted by Gasteiger charge is -2.24. The molecule has 1 heterocycles. The Hall–Kier alpha value is -1.06. The standard InChI is InChI=1S/C14H15Cl2NO2/c1-9(18)7-11-3-2-6-17(11)14(19)10-4-5-12(15)13(16)8-10/h4-5,8,11H,2-3,6-7H2,1H3. The summed E-state index contributed by atoms with van der Waals surface area (Å²) in [6.07, 6.45) is 2.24. The van der Waals surface area contributed by atoms with Gasteiger partial charge in [-0.05, 0) is 38.0 Å². The molecule has 1 fully saturated rings. The molecule has 1 unspecified atom stereocenters. The fourth-order valence-corrected chi connectivity index (χ4v) is 2.74. The van der Waals surface area contributed by atoms with Gasteiger partial charge in [-0.3, -0.25) is 9.59 Å². The third-order valence-electron chi connectivity index (χ3n) is 3.33. The Kier molecular flexibility index (Phi) is 4.48. The quantitative estimate of drug-likeness (QED) is 0.855. The van der Waals surface area contributed by atoms with Gasteiger partial charge in [-0.1, -0.05) is 23.2 Å². The summed E-state index contributed by atoms with van der Waals surface area (Å²) in [5, 5.41) is 0.801. The van der Waals surface area contributed by atoms with Gasteiger partial charge < -0.3 is 4.90 Å². The summed E-state index contributed by atoms with van der Waals surface area (Å²) in [5.41, 5.74) is 0.518. The van der Waals surface area contributed by atoms with Crippen molar-refractivity contribution in [2.75, 3.05) is 6.54 Å². The zero-order valence-corrected chi connectivity index (χ0v) is 12.2. The van der Waals surface area contributed by atoms with Gasteiger partial charge in [0.1, 0.15) is 5.78 Å². The molecule has 0 spiro atoms. The number of Topliss-reactive ketones (excluding diaryl/α,β-unsaturated/α-hetero) is 1. The third-order valence-corrected chi connectivity index (χ3v) is 4.07. The molecule has 0 aliphatic carbocycles. The second kappa shape index (κ2) is 5.93. The Balaban J connectivity index is 2.18. The first-order chi connectivity index (χ1) is 8.99. The molecular formula is C14H15Cl2NO2. The molecule has 2 rings (SSSR count). The molecule has 0 bridgehead atoms. The van der Waals surface area contributed by atoms with Crippen LogP contribution in [-0.2, 0) is 4.79 Å². The second-order valence-corrected chi connectivity index (χ2v) is 5.64. The van der Waals surface area contributed by atoms with Crippen molar-refractivity contribution >= 4 is 34.9 Å².